The molecule has 0 amide bonds. The first-order valence-electron chi connectivity index (χ1n) is 4.67. The fourth-order valence-electron chi connectivity index (χ4n) is 1.26. The number of aromatic nitrogens is 1. The summed E-state index contributed by atoms with van der Waals surface area (Å²) >= 11 is 1.59. The number of benzene rings is 1. The van der Waals surface area contributed by atoms with Gasteiger partial charge in [-0.05, 0) is 24.6 Å². The Morgan fingerprint density at radius 1 is 1.33 bits per heavy atom. The van der Waals surface area contributed by atoms with Crippen LogP contribution in [-0.2, 0) is 0 Å². The number of hydrogen-bond donors (Lipinski definition) is 1. The summed E-state index contributed by atoms with van der Waals surface area (Å²) < 4.78 is 0. The zero-order valence-corrected chi connectivity index (χ0v) is 9.34. The van der Waals surface area contributed by atoms with Crippen LogP contribution in [0.4, 0.5) is 10.7 Å². The number of anilines is 2. The normalized spacial score (nSPS) is 9.93. The molecular formula is C12H12N2S. The third-order valence-electron chi connectivity index (χ3n) is 2.08. The second-order valence-electron chi connectivity index (χ2n) is 3.35. The molecule has 0 atom stereocenters. The summed E-state index contributed by atoms with van der Waals surface area (Å²) in [5, 5.41) is 4.33. The predicted octanol–water partition coefficient (Wildman–Crippen LogP) is 3.92. The first-order valence-corrected chi connectivity index (χ1v) is 5.55. The van der Waals surface area contributed by atoms with Crippen molar-refractivity contribution in [3.8, 4) is 0 Å². The van der Waals surface area contributed by atoms with Crippen molar-refractivity contribution in [3.63, 3.8) is 0 Å². The molecule has 0 bridgehead atoms. The lowest BCUT2D eigenvalue weighted by atomic mass is 10.1. The highest BCUT2D eigenvalue weighted by atomic mass is 32.1. The first kappa shape index (κ1) is 9.93. The predicted molar refractivity (Wildman–Crippen MR) is 66.5 cm³/mol. The van der Waals surface area contributed by atoms with E-state index in [1.807, 2.05) is 30.8 Å². The van der Waals surface area contributed by atoms with Gasteiger partial charge >= 0.3 is 0 Å². The summed E-state index contributed by atoms with van der Waals surface area (Å²) in [6.45, 7) is 5.91. The third-order valence-corrected chi connectivity index (χ3v) is 2.77. The molecule has 0 radical (unpaired) electrons. The van der Waals surface area contributed by atoms with E-state index in [0.717, 1.165) is 16.3 Å². The second-order valence-corrected chi connectivity index (χ2v) is 4.23. The molecule has 3 heteroatoms. The number of nitrogens with zero attached hydrogens (tertiary/aromatic N) is 1. The highest BCUT2D eigenvalue weighted by Crippen LogP contribution is 2.21. The Bertz CT molecular complexity index is 443. The van der Waals surface area contributed by atoms with E-state index in [1.165, 1.54) is 5.56 Å². The minimum atomic E-state index is 1.05. The molecule has 0 aliphatic carbocycles. The smallest absolute Gasteiger partial charge is 0.113 e. The molecule has 0 aliphatic heterocycles. The molecule has 1 N–H and O–H groups in total. The maximum Gasteiger partial charge on any atom is 0.113 e. The average Bonchev–Trinajstić information content (AvgIpc) is 2.71. The number of hydrogen-bond acceptors (Lipinski definition) is 3. The molecule has 2 nitrogen and oxygen atoms in total. The summed E-state index contributed by atoms with van der Waals surface area (Å²) in [5.41, 5.74) is 5.14. The standard InChI is InChI=1S/C12H12N2S/c1-9(2)10-3-5-11(6-4-10)14-12-7-13-8-15-12/h3-8,14H,1H2,2H3. The van der Waals surface area contributed by atoms with E-state index in [-0.39, 0.29) is 0 Å². The number of allylic oxidation sites excluding steroid dienone is 1. The second kappa shape index (κ2) is 4.28. The Labute approximate surface area is 93.3 Å². The molecule has 1 aromatic carbocycles. The van der Waals surface area contributed by atoms with Crippen LogP contribution in [0.25, 0.3) is 5.57 Å². The van der Waals surface area contributed by atoms with Crippen LogP contribution in [0, 0.1) is 0 Å². The van der Waals surface area contributed by atoms with Crippen LogP contribution in [0.1, 0.15) is 12.5 Å². The maximum atomic E-state index is 4.01. The van der Waals surface area contributed by atoms with E-state index in [1.54, 1.807) is 11.3 Å². The summed E-state index contributed by atoms with van der Waals surface area (Å²) in [4.78, 5) is 4.01. The SMILES string of the molecule is C=C(C)c1ccc(Nc2cncs2)cc1. The van der Waals surface area contributed by atoms with Crippen molar-refractivity contribution in [2.24, 2.45) is 0 Å². The van der Waals surface area contributed by atoms with Crippen LogP contribution in [0.3, 0.4) is 0 Å². The highest BCUT2D eigenvalue weighted by molar-refractivity contribution is 7.13. The van der Waals surface area contributed by atoms with Gasteiger partial charge in [0.25, 0.3) is 0 Å². The Morgan fingerprint density at radius 2 is 2.07 bits per heavy atom. The molecule has 2 aromatic rings. The van der Waals surface area contributed by atoms with Crippen molar-refractivity contribution >= 4 is 27.6 Å². The largest absolute Gasteiger partial charge is 0.346 e. The third kappa shape index (κ3) is 2.44. The molecule has 0 aliphatic rings. The van der Waals surface area contributed by atoms with Gasteiger partial charge in [0.2, 0.25) is 0 Å². The number of thiazole rings is 1. The van der Waals surface area contributed by atoms with Gasteiger partial charge in [-0.1, -0.05) is 24.3 Å². The van der Waals surface area contributed by atoms with Gasteiger partial charge in [-0.2, -0.15) is 0 Å². The average molecular weight is 216 g/mol. The van der Waals surface area contributed by atoms with Crippen molar-refractivity contribution in [2.45, 2.75) is 6.92 Å². The van der Waals surface area contributed by atoms with Gasteiger partial charge < -0.3 is 5.32 Å². The van der Waals surface area contributed by atoms with Gasteiger partial charge in [-0.15, -0.1) is 11.3 Å². The summed E-state index contributed by atoms with van der Waals surface area (Å²) in [6.07, 6.45) is 1.82. The Balaban J connectivity index is 2.14. The minimum Gasteiger partial charge on any atom is -0.346 e. The molecule has 15 heavy (non-hydrogen) atoms. The molecule has 0 fully saturated rings. The lowest BCUT2D eigenvalue weighted by Crippen LogP contribution is -1.87. The molecular weight excluding hydrogens is 204 g/mol. The van der Waals surface area contributed by atoms with Crippen molar-refractivity contribution in [1.82, 2.24) is 4.98 Å². The quantitative estimate of drug-likeness (QED) is 0.841. The summed E-state index contributed by atoms with van der Waals surface area (Å²) in [7, 11) is 0. The van der Waals surface area contributed by atoms with Crippen LogP contribution in [0.15, 0.2) is 42.6 Å². The zero-order chi connectivity index (χ0) is 10.7. The van der Waals surface area contributed by atoms with Crippen LogP contribution < -0.4 is 5.32 Å². The van der Waals surface area contributed by atoms with Crippen LogP contribution >= 0.6 is 11.3 Å². The van der Waals surface area contributed by atoms with E-state index in [0.29, 0.717) is 0 Å². The first-order chi connectivity index (χ1) is 7.25. The van der Waals surface area contributed by atoms with E-state index in [4.69, 9.17) is 0 Å². The number of rotatable bonds is 3. The van der Waals surface area contributed by atoms with Crippen LogP contribution in [-0.4, -0.2) is 4.98 Å². The van der Waals surface area contributed by atoms with Gasteiger partial charge in [0.15, 0.2) is 0 Å². The van der Waals surface area contributed by atoms with Gasteiger partial charge in [0.05, 0.1) is 11.7 Å². The summed E-state index contributed by atoms with van der Waals surface area (Å²) in [6, 6.07) is 8.21. The Morgan fingerprint density at radius 3 is 2.60 bits per heavy atom. The van der Waals surface area contributed by atoms with Gasteiger partial charge in [-0.3, -0.25) is 4.98 Å². The molecule has 0 saturated carbocycles. The van der Waals surface area contributed by atoms with Crippen molar-refractivity contribution in [2.75, 3.05) is 5.32 Å². The van der Waals surface area contributed by atoms with E-state index in [2.05, 4.69) is 29.0 Å². The summed E-state index contributed by atoms with van der Waals surface area (Å²) in [5.74, 6) is 0. The molecule has 2 rings (SSSR count). The molecule has 0 unspecified atom stereocenters. The Hall–Kier alpha value is -1.61. The van der Waals surface area contributed by atoms with Gasteiger partial charge in [0.1, 0.15) is 5.00 Å². The van der Waals surface area contributed by atoms with Crippen LogP contribution in [0.5, 0.6) is 0 Å². The van der Waals surface area contributed by atoms with E-state index < -0.39 is 0 Å². The monoisotopic (exact) mass is 216 g/mol. The minimum absolute atomic E-state index is 1.05. The van der Waals surface area contributed by atoms with E-state index in [9.17, 15) is 0 Å². The van der Waals surface area contributed by atoms with Crippen molar-refractivity contribution in [1.29, 1.82) is 0 Å². The van der Waals surface area contributed by atoms with Gasteiger partial charge in [-0.25, -0.2) is 0 Å². The zero-order valence-electron chi connectivity index (χ0n) is 8.53. The molecule has 0 saturated heterocycles. The van der Waals surface area contributed by atoms with E-state index >= 15 is 0 Å². The fourth-order valence-corrected chi connectivity index (χ4v) is 1.79. The molecule has 76 valence electrons. The fraction of sp³-hybridized carbons (Fsp3) is 0.0833. The Kier molecular flexibility index (Phi) is 2.83. The lowest BCUT2D eigenvalue weighted by molar-refractivity contribution is 1.42. The van der Waals surface area contributed by atoms with Crippen molar-refractivity contribution < 1.29 is 0 Å². The van der Waals surface area contributed by atoms with Gasteiger partial charge in [0, 0.05) is 5.69 Å². The van der Waals surface area contributed by atoms with Crippen molar-refractivity contribution in [3.05, 3.63) is 48.1 Å². The lowest BCUT2D eigenvalue weighted by Gasteiger charge is -2.04. The number of nitrogens with one attached hydrogen (secondary N) is 1. The molecule has 1 aromatic heterocycles. The van der Waals surface area contributed by atoms with Crippen LogP contribution in [0.2, 0.25) is 0 Å². The highest BCUT2D eigenvalue weighted by Gasteiger charge is 1.96. The topological polar surface area (TPSA) is 24.9 Å². The maximum absolute atomic E-state index is 4.01. The molecule has 0 spiro atoms. The molecule has 1 heterocycles.